The molecule has 1 amide bonds. The second-order valence-corrected chi connectivity index (χ2v) is 4.78. The molecule has 0 fully saturated rings. The van der Waals surface area contributed by atoms with Crippen LogP contribution in [-0.2, 0) is 11.2 Å². The molecular weight excluding hydrogens is 319 g/mol. The Morgan fingerprint density at radius 3 is 2.45 bits per heavy atom. The van der Waals surface area contributed by atoms with E-state index >= 15 is 0 Å². The molecule has 116 valence electrons. The molecule has 0 aromatic heterocycles. The molecule has 2 aromatic rings. The quantitative estimate of drug-likeness (QED) is 0.890. The van der Waals surface area contributed by atoms with Crippen molar-refractivity contribution >= 4 is 23.2 Å². The highest BCUT2D eigenvalue weighted by Crippen LogP contribution is 2.28. The number of hydrogen-bond acceptors (Lipinski definition) is 2. The van der Waals surface area contributed by atoms with Crippen LogP contribution in [0, 0.1) is 5.82 Å². The number of nitrogens with one attached hydrogen (secondary N) is 1. The Kier molecular flexibility index (Phi) is 5.27. The van der Waals surface area contributed by atoms with Crippen molar-refractivity contribution in [1.29, 1.82) is 0 Å². The van der Waals surface area contributed by atoms with Crippen LogP contribution in [0.1, 0.15) is 5.56 Å². The van der Waals surface area contributed by atoms with E-state index in [0.717, 1.165) is 0 Å². The maximum absolute atomic E-state index is 12.8. The highest BCUT2D eigenvalue weighted by Gasteiger charge is 2.10. The van der Waals surface area contributed by atoms with Gasteiger partial charge in [-0.1, -0.05) is 23.7 Å². The first-order chi connectivity index (χ1) is 10.4. The normalized spacial score (nSPS) is 10.6. The monoisotopic (exact) mass is 329 g/mol. The van der Waals surface area contributed by atoms with Crippen LogP contribution in [-0.4, -0.2) is 12.5 Å². The van der Waals surface area contributed by atoms with Crippen LogP contribution in [0.2, 0.25) is 5.02 Å². The molecule has 0 atom stereocenters. The van der Waals surface area contributed by atoms with Crippen molar-refractivity contribution in [3.63, 3.8) is 0 Å². The average molecular weight is 330 g/mol. The molecule has 2 rings (SSSR count). The van der Waals surface area contributed by atoms with E-state index in [1.165, 1.54) is 42.5 Å². The molecule has 0 spiro atoms. The molecule has 0 aliphatic carbocycles. The first-order valence-corrected chi connectivity index (χ1v) is 6.60. The van der Waals surface area contributed by atoms with Gasteiger partial charge in [-0.3, -0.25) is 4.79 Å². The topological polar surface area (TPSA) is 38.3 Å². The summed E-state index contributed by atoms with van der Waals surface area (Å²) >= 11 is 5.78. The minimum absolute atomic E-state index is 0.0418. The summed E-state index contributed by atoms with van der Waals surface area (Å²) in [7, 11) is 0. The Morgan fingerprint density at radius 2 is 1.86 bits per heavy atom. The van der Waals surface area contributed by atoms with E-state index in [1.807, 2.05) is 0 Å². The number of rotatable bonds is 5. The predicted molar refractivity (Wildman–Crippen MR) is 76.8 cm³/mol. The SMILES string of the molecule is O=C(Cc1ccc(F)cc1)Nc1ccc(OC(F)F)c(Cl)c1. The van der Waals surface area contributed by atoms with Crippen molar-refractivity contribution in [2.45, 2.75) is 13.0 Å². The lowest BCUT2D eigenvalue weighted by Crippen LogP contribution is -2.14. The Morgan fingerprint density at radius 1 is 1.18 bits per heavy atom. The van der Waals surface area contributed by atoms with Gasteiger partial charge in [0.15, 0.2) is 0 Å². The van der Waals surface area contributed by atoms with Crippen molar-refractivity contribution in [3.8, 4) is 5.75 Å². The number of benzene rings is 2. The number of hydrogen-bond donors (Lipinski definition) is 1. The third kappa shape index (κ3) is 4.66. The molecule has 0 bridgehead atoms. The minimum atomic E-state index is -2.98. The third-order valence-corrected chi connectivity index (χ3v) is 3.01. The minimum Gasteiger partial charge on any atom is -0.433 e. The molecule has 2 aromatic carbocycles. The molecule has 0 aliphatic rings. The van der Waals surface area contributed by atoms with Gasteiger partial charge in [-0.2, -0.15) is 8.78 Å². The van der Waals surface area contributed by atoms with Gasteiger partial charge in [-0.05, 0) is 35.9 Å². The molecule has 22 heavy (non-hydrogen) atoms. The number of anilines is 1. The zero-order valence-electron chi connectivity index (χ0n) is 11.2. The van der Waals surface area contributed by atoms with Crippen LogP contribution in [0.25, 0.3) is 0 Å². The molecule has 0 aliphatic heterocycles. The zero-order chi connectivity index (χ0) is 16.1. The largest absolute Gasteiger partial charge is 0.433 e. The zero-order valence-corrected chi connectivity index (χ0v) is 11.9. The Hall–Kier alpha value is -2.21. The summed E-state index contributed by atoms with van der Waals surface area (Å²) in [5.41, 5.74) is 0.987. The lowest BCUT2D eigenvalue weighted by atomic mass is 10.1. The van der Waals surface area contributed by atoms with Crippen LogP contribution in [0.5, 0.6) is 5.75 Å². The van der Waals surface area contributed by atoms with E-state index < -0.39 is 6.61 Å². The molecule has 3 nitrogen and oxygen atoms in total. The van der Waals surface area contributed by atoms with Crippen molar-refractivity contribution in [3.05, 3.63) is 58.9 Å². The summed E-state index contributed by atoms with van der Waals surface area (Å²) in [6.07, 6.45) is 0.0488. The van der Waals surface area contributed by atoms with Gasteiger partial charge in [-0.15, -0.1) is 0 Å². The maximum atomic E-state index is 12.8. The van der Waals surface area contributed by atoms with Crippen molar-refractivity contribution in [2.75, 3.05) is 5.32 Å². The van der Waals surface area contributed by atoms with Crippen molar-refractivity contribution in [2.24, 2.45) is 0 Å². The fourth-order valence-corrected chi connectivity index (χ4v) is 1.99. The van der Waals surface area contributed by atoms with Gasteiger partial charge in [0, 0.05) is 5.69 Å². The average Bonchev–Trinajstić information content (AvgIpc) is 2.44. The van der Waals surface area contributed by atoms with Crippen molar-refractivity contribution in [1.82, 2.24) is 0 Å². The van der Waals surface area contributed by atoms with E-state index in [0.29, 0.717) is 11.3 Å². The first-order valence-electron chi connectivity index (χ1n) is 6.22. The number of carbonyl (C=O) groups is 1. The molecule has 1 N–H and O–H groups in total. The Bertz CT molecular complexity index is 662. The van der Waals surface area contributed by atoms with Crippen LogP contribution in [0.4, 0.5) is 18.9 Å². The number of amides is 1. The summed E-state index contributed by atoms with van der Waals surface area (Å²) in [6, 6.07) is 9.46. The van der Waals surface area contributed by atoms with Crippen LogP contribution in [0.3, 0.4) is 0 Å². The first kappa shape index (κ1) is 16.2. The van der Waals surface area contributed by atoms with Crippen LogP contribution < -0.4 is 10.1 Å². The number of carbonyl (C=O) groups excluding carboxylic acids is 1. The van der Waals surface area contributed by atoms with Gasteiger partial charge < -0.3 is 10.1 Å². The lowest BCUT2D eigenvalue weighted by molar-refractivity contribution is -0.115. The molecule has 7 heteroatoms. The summed E-state index contributed by atoms with van der Waals surface area (Å²) < 4.78 is 41.2. The van der Waals surface area contributed by atoms with Gasteiger partial charge in [0.2, 0.25) is 5.91 Å². The molecule has 0 radical (unpaired) electrons. The molecule has 0 saturated carbocycles. The van der Waals surface area contributed by atoms with E-state index in [9.17, 15) is 18.0 Å². The molecule has 0 unspecified atom stereocenters. The van der Waals surface area contributed by atoms with Crippen LogP contribution in [0.15, 0.2) is 42.5 Å². The standard InChI is InChI=1S/C15H11ClF3NO2/c16-12-8-11(5-6-13(12)22-15(18)19)20-14(21)7-9-1-3-10(17)4-2-9/h1-6,8,15H,7H2,(H,20,21). The molecular formula is C15H11ClF3NO2. The van der Waals surface area contributed by atoms with Crippen molar-refractivity contribution < 1.29 is 22.7 Å². The predicted octanol–water partition coefficient (Wildman–Crippen LogP) is 4.26. The highest BCUT2D eigenvalue weighted by molar-refractivity contribution is 6.32. The fourth-order valence-electron chi connectivity index (χ4n) is 1.76. The van der Waals surface area contributed by atoms with Gasteiger partial charge in [0.25, 0.3) is 0 Å². The van der Waals surface area contributed by atoms with E-state index in [-0.39, 0.29) is 28.9 Å². The van der Waals surface area contributed by atoms with Crippen LogP contribution >= 0.6 is 11.6 Å². The summed E-state index contributed by atoms with van der Waals surface area (Å²) in [5, 5.41) is 2.52. The van der Waals surface area contributed by atoms with Gasteiger partial charge in [0.05, 0.1) is 11.4 Å². The second kappa shape index (κ2) is 7.17. The van der Waals surface area contributed by atoms with Gasteiger partial charge in [-0.25, -0.2) is 4.39 Å². The smallest absolute Gasteiger partial charge is 0.387 e. The second-order valence-electron chi connectivity index (χ2n) is 4.38. The highest BCUT2D eigenvalue weighted by atomic mass is 35.5. The van der Waals surface area contributed by atoms with E-state index in [2.05, 4.69) is 10.1 Å². The fraction of sp³-hybridized carbons (Fsp3) is 0.133. The van der Waals surface area contributed by atoms with E-state index in [1.54, 1.807) is 0 Å². The summed E-state index contributed by atoms with van der Waals surface area (Å²) in [6.45, 7) is -2.98. The van der Waals surface area contributed by atoms with Gasteiger partial charge in [0.1, 0.15) is 11.6 Å². The number of halogens is 4. The molecule has 0 heterocycles. The number of alkyl halides is 2. The summed E-state index contributed by atoms with van der Waals surface area (Å²) in [4.78, 5) is 11.8. The maximum Gasteiger partial charge on any atom is 0.387 e. The van der Waals surface area contributed by atoms with E-state index in [4.69, 9.17) is 11.6 Å². The Labute approximate surface area is 129 Å². The third-order valence-electron chi connectivity index (χ3n) is 2.71. The Balaban J connectivity index is 1.99. The lowest BCUT2D eigenvalue weighted by Gasteiger charge is -2.09. The molecule has 0 saturated heterocycles. The van der Waals surface area contributed by atoms with Gasteiger partial charge >= 0.3 is 6.61 Å². The number of ether oxygens (including phenoxy) is 1. The summed E-state index contributed by atoms with van der Waals surface area (Å²) in [5.74, 6) is -0.899.